The summed E-state index contributed by atoms with van der Waals surface area (Å²) >= 11 is 1.65. The molecular weight excluding hydrogens is 380 g/mol. The summed E-state index contributed by atoms with van der Waals surface area (Å²) in [5.41, 5.74) is 5.53. The molecule has 0 spiro atoms. The highest BCUT2D eigenvalue weighted by molar-refractivity contribution is 7.17. The standard InChI is InChI=1S/C22H18N6S/c1-2-6-19-14(4-1)5-3-10-28(19)22-25-18-9-11-29-20(18)21(26-22)24-16-7-8-17-15(12-16)13-23-27-17/h1-2,4,6-9,11-13H,3,5,10H2,(H,23,27)(H,24,25,26). The molecule has 2 N–H and O–H groups in total. The minimum Gasteiger partial charge on any atom is -0.339 e. The Balaban J connectivity index is 1.45. The molecule has 1 aliphatic rings. The molecule has 1 aliphatic heterocycles. The molecule has 7 heteroatoms. The molecule has 29 heavy (non-hydrogen) atoms. The Hall–Kier alpha value is -3.45. The Morgan fingerprint density at radius 2 is 2.03 bits per heavy atom. The number of fused-ring (bicyclic) bond motifs is 3. The summed E-state index contributed by atoms with van der Waals surface area (Å²) in [5, 5.41) is 13.7. The lowest BCUT2D eigenvalue weighted by Gasteiger charge is -2.29. The van der Waals surface area contributed by atoms with E-state index in [1.807, 2.05) is 18.3 Å². The zero-order valence-corrected chi connectivity index (χ0v) is 16.4. The van der Waals surface area contributed by atoms with Gasteiger partial charge in [-0.25, -0.2) is 4.98 Å². The second-order valence-electron chi connectivity index (χ2n) is 7.19. The van der Waals surface area contributed by atoms with E-state index in [1.54, 1.807) is 11.3 Å². The zero-order chi connectivity index (χ0) is 19.2. The minimum atomic E-state index is 0.745. The lowest BCUT2D eigenvalue weighted by Crippen LogP contribution is -2.26. The number of thiophene rings is 1. The van der Waals surface area contributed by atoms with Crippen LogP contribution in [0.3, 0.4) is 0 Å². The smallest absolute Gasteiger partial charge is 0.232 e. The van der Waals surface area contributed by atoms with E-state index in [0.717, 1.165) is 58.0 Å². The van der Waals surface area contributed by atoms with Gasteiger partial charge in [-0.3, -0.25) is 5.10 Å². The highest BCUT2D eigenvalue weighted by Gasteiger charge is 2.21. The molecule has 2 aromatic carbocycles. The molecular formula is C22H18N6S. The van der Waals surface area contributed by atoms with Crippen LogP contribution in [0.25, 0.3) is 21.1 Å². The molecule has 0 fully saturated rings. The first kappa shape index (κ1) is 16.5. The van der Waals surface area contributed by atoms with Gasteiger partial charge < -0.3 is 10.2 Å². The van der Waals surface area contributed by atoms with Crippen LogP contribution in [0.4, 0.5) is 23.1 Å². The van der Waals surface area contributed by atoms with Crippen LogP contribution in [0.2, 0.25) is 0 Å². The number of aromatic nitrogens is 4. The molecule has 5 aromatic rings. The number of hydrogen-bond donors (Lipinski definition) is 2. The fourth-order valence-electron chi connectivity index (χ4n) is 3.96. The monoisotopic (exact) mass is 398 g/mol. The van der Waals surface area contributed by atoms with E-state index < -0.39 is 0 Å². The van der Waals surface area contributed by atoms with Gasteiger partial charge in [0.25, 0.3) is 0 Å². The number of benzene rings is 2. The van der Waals surface area contributed by atoms with Crippen molar-refractivity contribution in [3.8, 4) is 0 Å². The molecule has 0 saturated heterocycles. The summed E-state index contributed by atoms with van der Waals surface area (Å²) in [4.78, 5) is 12.1. The average Bonchev–Trinajstić information content (AvgIpc) is 3.42. The summed E-state index contributed by atoms with van der Waals surface area (Å²) in [7, 11) is 0. The average molecular weight is 398 g/mol. The third-order valence-electron chi connectivity index (χ3n) is 5.35. The molecule has 3 aromatic heterocycles. The number of nitrogens with one attached hydrogen (secondary N) is 2. The van der Waals surface area contributed by atoms with Crippen molar-refractivity contribution in [2.75, 3.05) is 16.8 Å². The summed E-state index contributed by atoms with van der Waals surface area (Å²) in [6, 6.07) is 16.8. The largest absolute Gasteiger partial charge is 0.339 e. The summed E-state index contributed by atoms with van der Waals surface area (Å²) in [6.45, 7) is 0.924. The van der Waals surface area contributed by atoms with Crippen molar-refractivity contribution in [1.82, 2.24) is 20.2 Å². The predicted octanol–water partition coefficient (Wildman–Crippen LogP) is 5.40. The van der Waals surface area contributed by atoms with Crippen molar-refractivity contribution in [3.05, 3.63) is 65.7 Å². The lowest BCUT2D eigenvalue weighted by molar-refractivity contribution is 0.752. The van der Waals surface area contributed by atoms with E-state index in [2.05, 4.69) is 62.2 Å². The van der Waals surface area contributed by atoms with Gasteiger partial charge in [0, 0.05) is 23.3 Å². The molecule has 4 heterocycles. The van der Waals surface area contributed by atoms with Crippen molar-refractivity contribution < 1.29 is 0 Å². The van der Waals surface area contributed by atoms with Gasteiger partial charge in [0.05, 0.1) is 21.9 Å². The number of nitrogens with zero attached hydrogens (tertiary/aromatic N) is 4. The van der Waals surface area contributed by atoms with Crippen LogP contribution in [0.5, 0.6) is 0 Å². The summed E-state index contributed by atoms with van der Waals surface area (Å²) in [6.07, 6.45) is 4.03. The Morgan fingerprint density at radius 1 is 1.07 bits per heavy atom. The number of anilines is 4. The fourth-order valence-corrected chi connectivity index (χ4v) is 4.73. The first-order valence-corrected chi connectivity index (χ1v) is 10.5. The van der Waals surface area contributed by atoms with Crippen molar-refractivity contribution in [2.24, 2.45) is 0 Å². The highest BCUT2D eigenvalue weighted by atomic mass is 32.1. The van der Waals surface area contributed by atoms with Gasteiger partial charge in [0.2, 0.25) is 5.95 Å². The van der Waals surface area contributed by atoms with Crippen molar-refractivity contribution in [2.45, 2.75) is 12.8 Å². The van der Waals surface area contributed by atoms with E-state index >= 15 is 0 Å². The molecule has 0 aliphatic carbocycles. The SMILES string of the molecule is c1ccc2c(c1)CCCN2c1nc(Nc2ccc3[nH]ncc3c2)c2sccc2n1. The van der Waals surface area contributed by atoms with Crippen LogP contribution in [0, 0.1) is 0 Å². The van der Waals surface area contributed by atoms with Crippen LogP contribution in [-0.2, 0) is 6.42 Å². The number of rotatable bonds is 3. The molecule has 0 amide bonds. The first-order valence-electron chi connectivity index (χ1n) is 9.66. The van der Waals surface area contributed by atoms with E-state index in [4.69, 9.17) is 9.97 Å². The van der Waals surface area contributed by atoms with Crippen molar-refractivity contribution >= 4 is 55.6 Å². The van der Waals surface area contributed by atoms with Gasteiger partial charge in [0.15, 0.2) is 5.82 Å². The Morgan fingerprint density at radius 3 is 3.03 bits per heavy atom. The third-order valence-corrected chi connectivity index (χ3v) is 6.26. The maximum atomic E-state index is 4.95. The minimum absolute atomic E-state index is 0.745. The molecule has 6 nitrogen and oxygen atoms in total. The third kappa shape index (κ3) is 2.82. The Labute approximate surface area is 171 Å². The molecule has 142 valence electrons. The van der Waals surface area contributed by atoms with E-state index in [1.165, 1.54) is 11.3 Å². The predicted molar refractivity (Wildman–Crippen MR) is 119 cm³/mol. The quantitative estimate of drug-likeness (QED) is 0.426. The maximum absolute atomic E-state index is 4.95. The Bertz CT molecular complexity index is 1340. The van der Waals surface area contributed by atoms with Gasteiger partial charge >= 0.3 is 0 Å². The molecule has 0 saturated carbocycles. The van der Waals surface area contributed by atoms with E-state index in [-0.39, 0.29) is 0 Å². The number of aromatic amines is 1. The molecule has 0 radical (unpaired) electrons. The number of H-pyrrole nitrogens is 1. The zero-order valence-electron chi connectivity index (χ0n) is 15.6. The molecule has 0 bridgehead atoms. The molecule has 0 unspecified atom stereocenters. The summed E-state index contributed by atoms with van der Waals surface area (Å²) in [5.74, 6) is 1.58. The second kappa shape index (κ2) is 6.56. The fraction of sp³-hybridized carbons (Fsp3) is 0.136. The number of aryl methyl sites for hydroxylation is 1. The van der Waals surface area contributed by atoms with Gasteiger partial charge in [-0.2, -0.15) is 10.1 Å². The van der Waals surface area contributed by atoms with Gasteiger partial charge in [-0.1, -0.05) is 18.2 Å². The van der Waals surface area contributed by atoms with E-state index in [9.17, 15) is 0 Å². The molecule has 6 rings (SSSR count). The second-order valence-corrected chi connectivity index (χ2v) is 8.10. The van der Waals surface area contributed by atoms with Gasteiger partial charge in [0.1, 0.15) is 0 Å². The summed E-state index contributed by atoms with van der Waals surface area (Å²) < 4.78 is 1.06. The first-order chi connectivity index (χ1) is 14.3. The maximum Gasteiger partial charge on any atom is 0.232 e. The van der Waals surface area contributed by atoms with Crippen LogP contribution in [0.15, 0.2) is 60.1 Å². The number of para-hydroxylation sites is 1. The van der Waals surface area contributed by atoms with Crippen molar-refractivity contribution in [3.63, 3.8) is 0 Å². The lowest BCUT2D eigenvalue weighted by atomic mass is 10.0. The van der Waals surface area contributed by atoms with Crippen LogP contribution in [-0.4, -0.2) is 26.7 Å². The van der Waals surface area contributed by atoms with E-state index in [0.29, 0.717) is 0 Å². The molecule has 0 atom stereocenters. The van der Waals surface area contributed by atoms with Gasteiger partial charge in [-0.15, -0.1) is 11.3 Å². The van der Waals surface area contributed by atoms with Crippen LogP contribution < -0.4 is 10.2 Å². The normalized spacial score (nSPS) is 13.7. The van der Waals surface area contributed by atoms with Crippen LogP contribution >= 0.6 is 11.3 Å². The highest BCUT2D eigenvalue weighted by Crippen LogP contribution is 2.36. The topological polar surface area (TPSA) is 69.7 Å². The van der Waals surface area contributed by atoms with Gasteiger partial charge in [-0.05, 0) is 54.1 Å². The van der Waals surface area contributed by atoms with Crippen molar-refractivity contribution in [1.29, 1.82) is 0 Å². The number of hydrogen-bond acceptors (Lipinski definition) is 6. The Kier molecular flexibility index (Phi) is 3.73. The van der Waals surface area contributed by atoms with Crippen LogP contribution in [0.1, 0.15) is 12.0 Å².